The van der Waals surface area contributed by atoms with E-state index < -0.39 is 0 Å². The molecule has 0 aromatic heterocycles. The van der Waals surface area contributed by atoms with Gasteiger partial charge >= 0.3 is 0 Å². The van der Waals surface area contributed by atoms with Crippen molar-refractivity contribution in [3.05, 3.63) is 24.0 Å². The lowest BCUT2D eigenvalue weighted by Crippen LogP contribution is -2.54. The molecule has 0 spiro atoms. The summed E-state index contributed by atoms with van der Waals surface area (Å²) >= 11 is 0. The van der Waals surface area contributed by atoms with Gasteiger partial charge in [-0.2, -0.15) is 0 Å². The fraction of sp³-hybridized carbons (Fsp3) is 0.538. The maximum Gasteiger partial charge on any atom is 0.148 e. The summed E-state index contributed by atoms with van der Waals surface area (Å²) in [5.41, 5.74) is 1.51. The third-order valence-corrected chi connectivity index (χ3v) is 3.13. The molecule has 0 bridgehead atoms. The Morgan fingerprint density at radius 2 is 1.94 bits per heavy atom. The van der Waals surface area contributed by atoms with E-state index in [-0.39, 0.29) is 5.82 Å². The highest BCUT2D eigenvalue weighted by Gasteiger charge is 2.22. The second-order valence-corrected chi connectivity index (χ2v) is 4.79. The Hall–Kier alpha value is -1.29. The van der Waals surface area contributed by atoms with E-state index in [0.717, 1.165) is 18.8 Å². The Morgan fingerprint density at radius 3 is 2.47 bits per heavy atom. The lowest BCUT2D eigenvalue weighted by molar-refractivity contribution is 0.404. The molecule has 0 aliphatic carbocycles. The Labute approximate surface area is 102 Å². The van der Waals surface area contributed by atoms with Gasteiger partial charge in [0.2, 0.25) is 0 Å². The quantitative estimate of drug-likeness (QED) is 0.824. The third-order valence-electron chi connectivity index (χ3n) is 3.13. The van der Waals surface area contributed by atoms with Crippen LogP contribution < -0.4 is 15.5 Å². The average molecular weight is 237 g/mol. The van der Waals surface area contributed by atoms with Gasteiger partial charge in [0.15, 0.2) is 0 Å². The molecule has 1 aliphatic rings. The standard InChI is InChI=1S/C13H20FN3/c1-9-7-17(8-10(2)16-9)13-5-4-11(15-3)6-12(13)14/h4-6,9-10,15-16H,7-8H2,1-3H3/t9-,10+. The fourth-order valence-corrected chi connectivity index (χ4v) is 2.44. The van der Waals surface area contributed by atoms with E-state index in [4.69, 9.17) is 0 Å². The van der Waals surface area contributed by atoms with Crippen LogP contribution in [0.2, 0.25) is 0 Å². The Morgan fingerprint density at radius 1 is 1.29 bits per heavy atom. The highest BCUT2D eigenvalue weighted by Crippen LogP contribution is 2.24. The van der Waals surface area contributed by atoms with Gasteiger partial charge in [0, 0.05) is 37.9 Å². The Kier molecular flexibility index (Phi) is 3.52. The zero-order valence-corrected chi connectivity index (χ0v) is 10.6. The number of hydrogen-bond donors (Lipinski definition) is 2. The highest BCUT2D eigenvalue weighted by molar-refractivity contribution is 5.56. The first-order valence-electron chi connectivity index (χ1n) is 6.08. The minimum Gasteiger partial charge on any atom is -0.388 e. The maximum absolute atomic E-state index is 14.0. The minimum atomic E-state index is -0.154. The van der Waals surface area contributed by atoms with Crippen LogP contribution >= 0.6 is 0 Å². The largest absolute Gasteiger partial charge is 0.388 e. The molecular weight excluding hydrogens is 217 g/mol. The molecule has 0 saturated carbocycles. The van der Waals surface area contributed by atoms with Crippen LogP contribution in [0.5, 0.6) is 0 Å². The summed E-state index contributed by atoms with van der Waals surface area (Å²) in [4.78, 5) is 2.11. The zero-order valence-electron chi connectivity index (χ0n) is 10.6. The minimum absolute atomic E-state index is 0.154. The van der Waals surface area contributed by atoms with E-state index in [9.17, 15) is 4.39 Å². The summed E-state index contributed by atoms with van der Waals surface area (Å²) in [5.74, 6) is -0.154. The van der Waals surface area contributed by atoms with Crippen LogP contribution in [0.3, 0.4) is 0 Å². The molecule has 1 heterocycles. The number of rotatable bonds is 2. The van der Waals surface area contributed by atoms with Crippen LogP contribution in [0.1, 0.15) is 13.8 Å². The molecule has 3 nitrogen and oxygen atoms in total. The number of hydrogen-bond acceptors (Lipinski definition) is 3. The van der Waals surface area contributed by atoms with Crippen molar-refractivity contribution < 1.29 is 4.39 Å². The monoisotopic (exact) mass is 237 g/mol. The van der Waals surface area contributed by atoms with Crippen molar-refractivity contribution in [1.82, 2.24) is 5.32 Å². The smallest absolute Gasteiger partial charge is 0.148 e. The third kappa shape index (κ3) is 2.69. The predicted octanol–water partition coefficient (Wildman–Crippen LogP) is 2.05. The first-order valence-corrected chi connectivity index (χ1v) is 6.08. The number of nitrogens with one attached hydrogen (secondary N) is 2. The van der Waals surface area contributed by atoms with Crippen molar-refractivity contribution >= 4 is 11.4 Å². The van der Waals surface area contributed by atoms with Gasteiger partial charge in [-0.1, -0.05) is 0 Å². The molecular formula is C13H20FN3. The van der Waals surface area contributed by atoms with Crippen molar-refractivity contribution in [2.45, 2.75) is 25.9 Å². The number of nitrogens with zero attached hydrogens (tertiary/aromatic N) is 1. The second-order valence-electron chi connectivity index (χ2n) is 4.79. The number of anilines is 2. The maximum atomic E-state index is 14.0. The molecule has 2 rings (SSSR count). The predicted molar refractivity (Wildman–Crippen MR) is 70.2 cm³/mol. The van der Waals surface area contributed by atoms with Gasteiger partial charge in [0.05, 0.1) is 5.69 Å². The highest BCUT2D eigenvalue weighted by atomic mass is 19.1. The van der Waals surface area contributed by atoms with Gasteiger partial charge in [-0.25, -0.2) is 4.39 Å². The fourth-order valence-electron chi connectivity index (χ4n) is 2.44. The van der Waals surface area contributed by atoms with Crippen LogP contribution in [-0.4, -0.2) is 32.2 Å². The lowest BCUT2D eigenvalue weighted by atomic mass is 10.1. The molecule has 1 saturated heterocycles. The summed E-state index contributed by atoms with van der Waals surface area (Å²) in [7, 11) is 1.80. The number of benzene rings is 1. The Balaban J connectivity index is 2.21. The van der Waals surface area contributed by atoms with E-state index in [1.54, 1.807) is 13.1 Å². The van der Waals surface area contributed by atoms with Gasteiger partial charge in [-0.15, -0.1) is 0 Å². The second kappa shape index (κ2) is 4.92. The molecule has 1 aromatic carbocycles. The molecule has 0 amide bonds. The number of piperazine rings is 1. The van der Waals surface area contributed by atoms with Crippen LogP contribution in [0.4, 0.5) is 15.8 Å². The van der Waals surface area contributed by atoms with Crippen molar-refractivity contribution in [2.24, 2.45) is 0 Å². The summed E-state index contributed by atoms with van der Waals surface area (Å²) in [6.07, 6.45) is 0. The van der Waals surface area contributed by atoms with Gasteiger partial charge in [0.1, 0.15) is 5.82 Å². The molecule has 4 heteroatoms. The van der Waals surface area contributed by atoms with E-state index >= 15 is 0 Å². The molecule has 94 valence electrons. The average Bonchev–Trinajstić information content (AvgIpc) is 2.27. The van der Waals surface area contributed by atoms with Crippen LogP contribution in [0.25, 0.3) is 0 Å². The van der Waals surface area contributed by atoms with Gasteiger partial charge in [-0.3, -0.25) is 0 Å². The lowest BCUT2D eigenvalue weighted by Gasteiger charge is -2.37. The van der Waals surface area contributed by atoms with E-state index in [1.807, 2.05) is 12.1 Å². The molecule has 0 unspecified atom stereocenters. The van der Waals surface area contributed by atoms with Crippen molar-refractivity contribution in [3.8, 4) is 0 Å². The molecule has 0 radical (unpaired) electrons. The zero-order chi connectivity index (χ0) is 12.4. The normalized spacial score (nSPS) is 24.8. The summed E-state index contributed by atoms with van der Waals surface area (Å²) in [6, 6.07) is 6.10. The van der Waals surface area contributed by atoms with Gasteiger partial charge < -0.3 is 15.5 Å². The molecule has 2 N–H and O–H groups in total. The van der Waals surface area contributed by atoms with Crippen molar-refractivity contribution in [1.29, 1.82) is 0 Å². The van der Waals surface area contributed by atoms with Gasteiger partial charge in [0.25, 0.3) is 0 Å². The van der Waals surface area contributed by atoms with Crippen LogP contribution in [0, 0.1) is 5.82 Å². The van der Waals surface area contributed by atoms with E-state index in [1.165, 1.54) is 0 Å². The SMILES string of the molecule is CNc1ccc(N2C[C@@H](C)N[C@@H](C)C2)c(F)c1. The van der Waals surface area contributed by atoms with Crippen molar-refractivity contribution in [3.63, 3.8) is 0 Å². The first kappa shape index (κ1) is 12.2. The molecule has 17 heavy (non-hydrogen) atoms. The van der Waals surface area contributed by atoms with E-state index in [2.05, 4.69) is 29.4 Å². The molecule has 1 aliphatic heterocycles. The topological polar surface area (TPSA) is 27.3 Å². The van der Waals surface area contributed by atoms with E-state index in [0.29, 0.717) is 17.8 Å². The molecule has 2 atom stereocenters. The molecule has 1 aromatic rings. The van der Waals surface area contributed by atoms with Crippen LogP contribution in [-0.2, 0) is 0 Å². The molecule has 1 fully saturated rings. The van der Waals surface area contributed by atoms with Gasteiger partial charge in [-0.05, 0) is 32.0 Å². The Bertz CT molecular complexity index is 384. The summed E-state index contributed by atoms with van der Waals surface area (Å²) < 4.78 is 14.0. The summed E-state index contributed by atoms with van der Waals surface area (Å²) in [6.45, 7) is 5.95. The first-order chi connectivity index (χ1) is 8.10. The van der Waals surface area contributed by atoms with Crippen LogP contribution in [0.15, 0.2) is 18.2 Å². The number of halogens is 1. The van der Waals surface area contributed by atoms with Crippen molar-refractivity contribution in [2.75, 3.05) is 30.4 Å². The summed E-state index contributed by atoms with van der Waals surface area (Å²) in [5, 5.41) is 6.39.